The van der Waals surface area contributed by atoms with E-state index in [4.69, 9.17) is 4.42 Å². The number of hydrogen-bond donors (Lipinski definition) is 0. The van der Waals surface area contributed by atoms with Crippen molar-refractivity contribution in [3.05, 3.63) is 28.6 Å². The lowest BCUT2D eigenvalue weighted by Gasteiger charge is -2.02. The highest BCUT2D eigenvalue weighted by molar-refractivity contribution is 9.10. The van der Waals surface area contributed by atoms with Crippen LogP contribution in [0.5, 0.6) is 0 Å². The largest absolute Gasteiger partial charge is 0.448 e. The molecule has 0 atom stereocenters. The molecule has 0 unspecified atom stereocenters. The zero-order valence-corrected chi connectivity index (χ0v) is 10.6. The molecule has 0 aliphatic rings. The summed E-state index contributed by atoms with van der Waals surface area (Å²) in [4.78, 5) is 10.9. The number of carbonyl (C=O) groups excluding carboxylic acids is 1. The van der Waals surface area contributed by atoms with E-state index in [1.807, 2.05) is 13.8 Å². The molecular weight excluding hydrogens is 272 g/mol. The van der Waals surface area contributed by atoms with Crippen LogP contribution in [0.15, 0.2) is 27.4 Å². The molecule has 0 aliphatic carbocycles. The van der Waals surface area contributed by atoms with E-state index in [1.54, 1.807) is 23.0 Å². The van der Waals surface area contributed by atoms with E-state index in [-0.39, 0.29) is 6.04 Å². The van der Waals surface area contributed by atoms with E-state index in [0.29, 0.717) is 21.7 Å². The van der Waals surface area contributed by atoms with Gasteiger partial charge in [-0.1, -0.05) is 0 Å². The smallest absolute Gasteiger partial charge is 0.169 e. The van der Waals surface area contributed by atoms with Crippen molar-refractivity contribution in [2.75, 3.05) is 0 Å². The lowest BCUT2D eigenvalue weighted by molar-refractivity contribution is 0.112. The summed E-state index contributed by atoms with van der Waals surface area (Å²) in [5, 5.41) is 4.33. The Kier molecular flexibility index (Phi) is 2.96. The fourth-order valence-electron chi connectivity index (χ4n) is 1.39. The molecule has 0 radical (unpaired) electrons. The Balaban J connectivity index is 2.51. The van der Waals surface area contributed by atoms with Gasteiger partial charge in [0.2, 0.25) is 0 Å². The number of carbonyl (C=O) groups is 1. The molecule has 0 N–H and O–H groups in total. The zero-order valence-electron chi connectivity index (χ0n) is 8.98. The molecule has 0 amide bonds. The van der Waals surface area contributed by atoms with Crippen LogP contribution in [0.4, 0.5) is 0 Å². The van der Waals surface area contributed by atoms with Gasteiger partial charge in [0.15, 0.2) is 16.7 Å². The van der Waals surface area contributed by atoms with Crippen molar-refractivity contribution in [1.29, 1.82) is 0 Å². The molecule has 0 saturated heterocycles. The molecule has 0 spiro atoms. The highest BCUT2D eigenvalue weighted by Crippen LogP contribution is 2.26. The maximum Gasteiger partial charge on any atom is 0.169 e. The first-order chi connectivity index (χ1) is 7.61. The van der Waals surface area contributed by atoms with Gasteiger partial charge in [0, 0.05) is 12.2 Å². The van der Waals surface area contributed by atoms with Crippen LogP contribution in [0.3, 0.4) is 0 Å². The standard InChI is InChI=1S/C11H11BrN2O2/c1-7(2)14-5-8(6-15)11(13-14)9-3-4-10(12)16-9/h3-7H,1-2H3. The van der Waals surface area contributed by atoms with E-state index < -0.39 is 0 Å². The maximum atomic E-state index is 10.9. The molecule has 2 rings (SSSR count). The Hall–Kier alpha value is -1.36. The maximum absolute atomic E-state index is 10.9. The summed E-state index contributed by atoms with van der Waals surface area (Å²) in [5.74, 6) is 0.591. The Morgan fingerprint density at radius 2 is 2.25 bits per heavy atom. The zero-order chi connectivity index (χ0) is 11.7. The third-order valence-corrected chi connectivity index (χ3v) is 2.65. The summed E-state index contributed by atoms with van der Waals surface area (Å²) >= 11 is 3.22. The molecule has 0 fully saturated rings. The average Bonchev–Trinajstić information content (AvgIpc) is 2.82. The second-order valence-corrected chi connectivity index (χ2v) is 4.51. The second kappa shape index (κ2) is 4.25. The van der Waals surface area contributed by atoms with Gasteiger partial charge in [-0.3, -0.25) is 9.48 Å². The van der Waals surface area contributed by atoms with Crippen molar-refractivity contribution in [3.8, 4) is 11.5 Å². The third-order valence-electron chi connectivity index (χ3n) is 2.22. The van der Waals surface area contributed by atoms with Gasteiger partial charge in [-0.05, 0) is 41.9 Å². The third kappa shape index (κ3) is 1.95. The van der Waals surface area contributed by atoms with Crippen LogP contribution in [0, 0.1) is 0 Å². The highest BCUT2D eigenvalue weighted by Gasteiger charge is 2.14. The normalized spacial score (nSPS) is 11.0. The van der Waals surface area contributed by atoms with Crippen LogP contribution in [-0.2, 0) is 0 Å². The molecule has 2 aromatic rings. The summed E-state index contributed by atoms with van der Waals surface area (Å²) in [7, 11) is 0. The first-order valence-electron chi connectivity index (χ1n) is 4.92. The van der Waals surface area contributed by atoms with E-state index in [0.717, 1.165) is 6.29 Å². The molecular formula is C11H11BrN2O2. The Morgan fingerprint density at radius 1 is 1.50 bits per heavy atom. The van der Waals surface area contributed by atoms with Crippen molar-refractivity contribution >= 4 is 22.2 Å². The number of aromatic nitrogens is 2. The summed E-state index contributed by atoms with van der Waals surface area (Å²) in [6, 6.07) is 3.77. The van der Waals surface area contributed by atoms with Gasteiger partial charge in [-0.15, -0.1) is 0 Å². The van der Waals surface area contributed by atoms with Crippen LogP contribution < -0.4 is 0 Å². The molecule has 0 saturated carbocycles. The topological polar surface area (TPSA) is 48.0 Å². The minimum atomic E-state index is 0.214. The van der Waals surface area contributed by atoms with Gasteiger partial charge < -0.3 is 4.42 Å². The van der Waals surface area contributed by atoms with Crippen molar-refractivity contribution in [2.24, 2.45) is 0 Å². The number of rotatable bonds is 3. The van der Waals surface area contributed by atoms with Gasteiger partial charge in [-0.25, -0.2) is 0 Å². The second-order valence-electron chi connectivity index (χ2n) is 3.73. The predicted molar refractivity (Wildman–Crippen MR) is 63.4 cm³/mol. The molecule has 0 aromatic carbocycles. The van der Waals surface area contributed by atoms with E-state index >= 15 is 0 Å². The lowest BCUT2D eigenvalue weighted by Crippen LogP contribution is -2.00. The van der Waals surface area contributed by atoms with Crippen molar-refractivity contribution in [1.82, 2.24) is 9.78 Å². The first-order valence-corrected chi connectivity index (χ1v) is 5.71. The molecule has 2 heterocycles. The summed E-state index contributed by atoms with van der Waals surface area (Å²) < 4.78 is 7.76. The quantitative estimate of drug-likeness (QED) is 0.812. The van der Waals surface area contributed by atoms with Crippen LogP contribution in [0.1, 0.15) is 30.2 Å². The van der Waals surface area contributed by atoms with Crippen LogP contribution >= 0.6 is 15.9 Å². The summed E-state index contributed by atoms with van der Waals surface area (Å²) in [5.41, 5.74) is 1.12. The van der Waals surface area contributed by atoms with Crippen LogP contribution in [-0.4, -0.2) is 16.1 Å². The Bertz CT molecular complexity index is 514. The first kappa shape index (κ1) is 11.1. The minimum absolute atomic E-state index is 0.214. The van der Waals surface area contributed by atoms with Crippen LogP contribution in [0.25, 0.3) is 11.5 Å². The van der Waals surface area contributed by atoms with Gasteiger partial charge in [-0.2, -0.15) is 5.10 Å². The van der Waals surface area contributed by atoms with Crippen molar-refractivity contribution in [3.63, 3.8) is 0 Å². The van der Waals surface area contributed by atoms with Gasteiger partial charge >= 0.3 is 0 Å². The number of hydrogen-bond acceptors (Lipinski definition) is 3. The van der Waals surface area contributed by atoms with Gasteiger partial charge in [0.05, 0.1) is 5.56 Å². The molecule has 84 valence electrons. The predicted octanol–water partition coefficient (Wildman–Crippen LogP) is 3.30. The van der Waals surface area contributed by atoms with E-state index in [2.05, 4.69) is 21.0 Å². The molecule has 5 heteroatoms. The highest BCUT2D eigenvalue weighted by atomic mass is 79.9. The van der Waals surface area contributed by atoms with Crippen LogP contribution in [0.2, 0.25) is 0 Å². The monoisotopic (exact) mass is 282 g/mol. The molecule has 0 aliphatic heterocycles. The van der Waals surface area contributed by atoms with Gasteiger partial charge in [0.25, 0.3) is 0 Å². The Labute approximate surface area is 101 Å². The van der Waals surface area contributed by atoms with Crippen molar-refractivity contribution in [2.45, 2.75) is 19.9 Å². The van der Waals surface area contributed by atoms with Crippen molar-refractivity contribution < 1.29 is 9.21 Å². The number of aldehydes is 1. The summed E-state index contributed by atoms with van der Waals surface area (Å²) in [6.07, 6.45) is 2.51. The molecule has 2 aromatic heterocycles. The lowest BCUT2D eigenvalue weighted by atomic mass is 10.2. The number of furan rings is 1. The van der Waals surface area contributed by atoms with E-state index in [9.17, 15) is 4.79 Å². The average molecular weight is 283 g/mol. The fourth-order valence-corrected chi connectivity index (χ4v) is 1.70. The molecule has 0 bridgehead atoms. The number of nitrogens with zero attached hydrogens (tertiary/aromatic N) is 2. The Morgan fingerprint density at radius 3 is 2.75 bits per heavy atom. The van der Waals surface area contributed by atoms with Gasteiger partial charge in [0.1, 0.15) is 5.69 Å². The minimum Gasteiger partial charge on any atom is -0.448 e. The SMILES string of the molecule is CC(C)n1cc(C=O)c(-c2ccc(Br)o2)n1. The number of halogens is 1. The van der Waals surface area contributed by atoms with E-state index in [1.165, 1.54) is 0 Å². The molecule has 16 heavy (non-hydrogen) atoms. The molecule has 4 nitrogen and oxygen atoms in total. The fraction of sp³-hybridized carbons (Fsp3) is 0.273. The summed E-state index contributed by atoms with van der Waals surface area (Å²) in [6.45, 7) is 4.01.